The second-order valence-corrected chi connectivity index (χ2v) is 9.74. The molecule has 1 saturated heterocycles. The predicted octanol–water partition coefficient (Wildman–Crippen LogP) is 6.36. The van der Waals surface area contributed by atoms with Crippen LogP contribution in [-0.2, 0) is 27.1 Å². The van der Waals surface area contributed by atoms with Crippen molar-refractivity contribution in [3.63, 3.8) is 0 Å². The molecule has 2 heterocycles. The smallest absolute Gasteiger partial charge is 0.374 e. The minimum Gasteiger partial charge on any atom is -0.374 e. The number of halogens is 8. The van der Waals surface area contributed by atoms with Crippen LogP contribution in [0.5, 0.6) is 0 Å². The highest BCUT2D eigenvalue weighted by atomic mass is 35.5. The number of carbonyl (C=O) groups is 1. The average Bonchev–Trinajstić information content (AvgIpc) is 3.53. The third kappa shape index (κ3) is 4.10. The zero-order valence-corrected chi connectivity index (χ0v) is 19.1. The summed E-state index contributed by atoms with van der Waals surface area (Å²) < 4.78 is 97.5. The highest BCUT2D eigenvalue weighted by Gasteiger charge is 2.62. The number of benzene rings is 2. The SMILES string of the molecule is O=C(C1CC1)N1CC(F)(c2ccc(C3=NOC(c4ccc(Cl)c(C(F)(F)F)c4)(C(F)(F)F)C3)cc2)C1. The quantitative estimate of drug-likeness (QED) is 0.429. The van der Waals surface area contributed by atoms with Crippen molar-refractivity contribution >= 4 is 23.2 Å². The van der Waals surface area contributed by atoms with Crippen LogP contribution in [0.25, 0.3) is 0 Å². The van der Waals surface area contributed by atoms with E-state index in [0.29, 0.717) is 6.07 Å². The van der Waals surface area contributed by atoms with Gasteiger partial charge in [0, 0.05) is 17.9 Å². The number of carbonyl (C=O) groups excluding carboxylic acids is 1. The van der Waals surface area contributed by atoms with E-state index in [1.54, 1.807) is 0 Å². The molecule has 1 amide bonds. The minimum absolute atomic E-state index is 0.0287. The van der Waals surface area contributed by atoms with Crippen molar-refractivity contribution in [3.8, 4) is 0 Å². The van der Waals surface area contributed by atoms with Crippen molar-refractivity contribution in [3.05, 3.63) is 69.7 Å². The van der Waals surface area contributed by atoms with Gasteiger partial charge >= 0.3 is 12.4 Å². The number of likely N-dealkylation sites (tertiary alicyclic amines) is 1. The van der Waals surface area contributed by atoms with Gasteiger partial charge in [-0.05, 0) is 36.1 Å². The third-order valence-corrected chi connectivity index (χ3v) is 7.11. The molecule has 2 aromatic carbocycles. The van der Waals surface area contributed by atoms with Gasteiger partial charge in [0.1, 0.15) is 0 Å². The van der Waals surface area contributed by atoms with Crippen molar-refractivity contribution < 1.29 is 40.4 Å². The first-order chi connectivity index (χ1) is 16.7. The van der Waals surface area contributed by atoms with E-state index in [2.05, 4.69) is 5.16 Å². The molecule has 0 bridgehead atoms. The van der Waals surface area contributed by atoms with Crippen LogP contribution in [0.3, 0.4) is 0 Å². The van der Waals surface area contributed by atoms with Crippen LogP contribution in [0, 0.1) is 5.92 Å². The zero-order chi connectivity index (χ0) is 26.1. The normalized spacial score (nSPS) is 23.7. The molecule has 12 heteroatoms. The van der Waals surface area contributed by atoms with Gasteiger partial charge in [-0.2, -0.15) is 26.3 Å². The first kappa shape index (κ1) is 24.9. The molecular weight excluding hydrogens is 517 g/mol. The number of nitrogens with zero attached hydrogens (tertiary/aromatic N) is 2. The summed E-state index contributed by atoms with van der Waals surface area (Å²) in [6.07, 6.45) is -9.36. The van der Waals surface area contributed by atoms with Gasteiger partial charge in [0.05, 0.1) is 29.4 Å². The molecule has 2 aromatic rings. The summed E-state index contributed by atoms with van der Waals surface area (Å²) in [6, 6.07) is 7.42. The van der Waals surface area contributed by atoms with Gasteiger partial charge < -0.3 is 9.74 Å². The number of alkyl halides is 7. The molecule has 0 N–H and O–H groups in total. The molecule has 1 saturated carbocycles. The van der Waals surface area contributed by atoms with Crippen molar-refractivity contribution in [1.29, 1.82) is 0 Å². The van der Waals surface area contributed by atoms with E-state index in [4.69, 9.17) is 16.4 Å². The molecule has 0 aromatic heterocycles. The summed E-state index contributed by atoms with van der Waals surface area (Å²) in [5.41, 5.74) is -6.82. The Morgan fingerprint density at radius 1 is 1.00 bits per heavy atom. The molecule has 192 valence electrons. The second kappa shape index (κ2) is 8.09. The zero-order valence-electron chi connectivity index (χ0n) is 18.4. The van der Waals surface area contributed by atoms with Gasteiger partial charge in [-0.15, -0.1) is 0 Å². The molecular formula is C24H18ClF7N2O2. The van der Waals surface area contributed by atoms with Crippen LogP contribution in [-0.4, -0.2) is 35.8 Å². The summed E-state index contributed by atoms with van der Waals surface area (Å²) in [5.74, 6) is -0.101. The number of amides is 1. The summed E-state index contributed by atoms with van der Waals surface area (Å²) in [7, 11) is 0. The van der Waals surface area contributed by atoms with Gasteiger partial charge in [0.15, 0.2) is 5.67 Å². The van der Waals surface area contributed by atoms with Crippen LogP contribution in [0.15, 0.2) is 47.6 Å². The highest BCUT2D eigenvalue weighted by molar-refractivity contribution is 6.31. The lowest BCUT2D eigenvalue weighted by Crippen LogP contribution is -2.59. The van der Waals surface area contributed by atoms with E-state index in [-0.39, 0.29) is 41.8 Å². The summed E-state index contributed by atoms with van der Waals surface area (Å²) >= 11 is 5.56. The van der Waals surface area contributed by atoms with Gasteiger partial charge in [-0.1, -0.05) is 47.1 Å². The van der Waals surface area contributed by atoms with E-state index < -0.39 is 46.2 Å². The van der Waals surface area contributed by atoms with Crippen LogP contribution in [0.1, 0.15) is 41.5 Å². The fourth-order valence-corrected chi connectivity index (χ4v) is 4.72. The Balaban J connectivity index is 1.37. The number of hydrogen-bond acceptors (Lipinski definition) is 3. The maximum atomic E-state index is 15.2. The Labute approximate surface area is 205 Å². The van der Waals surface area contributed by atoms with Gasteiger partial charge in [-0.25, -0.2) is 4.39 Å². The number of hydrogen-bond donors (Lipinski definition) is 0. The van der Waals surface area contributed by atoms with Crippen LogP contribution in [0.2, 0.25) is 5.02 Å². The number of rotatable bonds is 4. The lowest BCUT2D eigenvalue weighted by atomic mass is 9.84. The predicted molar refractivity (Wildman–Crippen MR) is 115 cm³/mol. The largest absolute Gasteiger partial charge is 0.435 e. The maximum Gasteiger partial charge on any atom is 0.435 e. The summed E-state index contributed by atoms with van der Waals surface area (Å²) in [5, 5.41) is 2.80. The molecule has 0 radical (unpaired) electrons. The molecule has 3 aliphatic rings. The summed E-state index contributed by atoms with van der Waals surface area (Å²) in [4.78, 5) is 18.3. The Kier molecular flexibility index (Phi) is 5.59. The fourth-order valence-electron chi connectivity index (χ4n) is 4.50. The molecule has 2 aliphatic heterocycles. The number of oxime groups is 1. The second-order valence-electron chi connectivity index (χ2n) is 9.33. The molecule has 2 fully saturated rings. The highest BCUT2D eigenvalue weighted by Crippen LogP contribution is 2.50. The molecule has 36 heavy (non-hydrogen) atoms. The third-order valence-electron chi connectivity index (χ3n) is 6.78. The fraction of sp³-hybridized carbons (Fsp3) is 0.417. The molecule has 1 unspecified atom stereocenters. The Hall–Kier alpha value is -2.82. The van der Waals surface area contributed by atoms with Crippen molar-refractivity contribution in [1.82, 2.24) is 4.90 Å². The van der Waals surface area contributed by atoms with Crippen molar-refractivity contribution in [2.75, 3.05) is 13.1 Å². The Morgan fingerprint density at radius 2 is 1.61 bits per heavy atom. The molecule has 4 nitrogen and oxygen atoms in total. The van der Waals surface area contributed by atoms with Crippen LogP contribution < -0.4 is 0 Å². The first-order valence-corrected chi connectivity index (χ1v) is 11.4. The molecule has 5 rings (SSSR count). The monoisotopic (exact) mass is 534 g/mol. The van der Waals surface area contributed by atoms with Gasteiger partial charge in [0.2, 0.25) is 5.91 Å². The minimum atomic E-state index is -5.11. The summed E-state index contributed by atoms with van der Waals surface area (Å²) in [6.45, 7) is -0.192. The lowest BCUT2D eigenvalue weighted by Gasteiger charge is -2.45. The molecule has 1 atom stereocenters. The van der Waals surface area contributed by atoms with E-state index >= 15 is 4.39 Å². The molecule has 1 aliphatic carbocycles. The van der Waals surface area contributed by atoms with Crippen LogP contribution in [0.4, 0.5) is 30.7 Å². The Morgan fingerprint density at radius 3 is 2.17 bits per heavy atom. The maximum absolute atomic E-state index is 15.2. The standard InChI is InChI=1S/C24H18ClF7N2O2/c25-18-8-7-16(9-17(18)23(27,28)29)22(24(30,31)32)10-19(33-36-22)13-3-5-15(6-4-13)21(26)11-34(12-21)20(35)14-1-2-14/h3-9,14H,1-2,10-12H2. The van der Waals surface area contributed by atoms with Crippen LogP contribution >= 0.6 is 11.6 Å². The van der Waals surface area contributed by atoms with Gasteiger partial charge in [0.25, 0.3) is 5.60 Å². The van der Waals surface area contributed by atoms with Crippen molar-refractivity contribution in [2.24, 2.45) is 11.1 Å². The van der Waals surface area contributed by atoms with Crippen molar-refractivity contribution in [2.45, 2.75) is 42.9 Å². The average molecular weight is 535 g/mol. The molecule has 0 spiro atoms. The first-order valence-electron chi connectivity index (χ1n) is 11.0. The van der Waals surface area contributed by atoms with E-state index in [9.17, 15) is 31.1 Å². The van der Waals surface area contributed by atoms with Gasteiger partial charge in [-0.3, -0.25) is 4.79 Å². The Bertz CT molecular complexity index is 1230. The van der Waals surface area contributed by atoms with E-state index in [1.807, 2.05) is 0 Å². The topological polar surface area (TPSA) is 41.9 Å². The van der Waals surface area contributed by atoms with E-state index in [1.165, 1.54) is 29.2 Å². The van der Waals surface area contributed by atoms with E-state index in [0.717, 1.165) is 25.0 Å². The lowest BCUT2D eigenvalue weighted by molar-refractivity contribution is -0.276.